The third-order valence-electron chi connectivity index (χ3n) is 6.62. The van der Waals surface area contributed by atoms with E-state index in [9.17, 15) is 4.79 Å². The summed E-state index contributed by atoms with van der Waals surface area (Å²) < 4.78 is 7.25. The molecule has 3 atom stereocenters. The second-order valence-electron chi connectivity index (χ2n) is 8.85. The van der Waals surface area contributed by atoms with Crippen LogP contribution in [0.2, 0.25) is 0 Å². The molecule has 1 saturated carbocycles. The molecule has 2 heterocycles. The summed E-state index contributed by atoms with van der Waals surface area (Å²) in [7, 11) is 0. The minimum atomic E-state index is 0. The lowest BCUT2D eigenvalue weighted by atomic mass is 9.83. The molecule has 4 rings (SSSR count). The third-order valence-corrected chi connectivity index (χ3v) is 6.62. The molecule has 0 unspecified atom stereocenters. The zero-order chi connectivity index (χ0) is 21.5. The Labute approximate surface area is 196 Å². The lowest BCUT2D eigenvalue weighted by Gasteiger charge is -2.39. The van der Waals surface area contributed by atoms with Gasteiger partial charge in [0.2, 0.25) is 0 Å². The van der Waals surface area contributed by atoms with E-state index >= 15 is 0 Å². The van der Waals surface area contributed by atoms with Gasteiger partial charge >= 0.3 is 0 Å². The maximum absolute atomic E-state index is 12.9. The van der Waals surface area contributed by atoms with Crippen LogP contribution in [0.15, 0.2) is 30.6 Å². The number of piperidine rings is 1. The van der Waals surface area contributed by atoms with Gasteiger partial charge in [0.25, 0.3) is 5.91 Å². The van der Waals surface area contributed by atoms with Gasteiger partial charge in [0, 0.05) is 31.3 Å². The maximum atomic E-state index is 12.9. The van der Waals surface area contributed by atoms with Gasteiger partial charge < -0.3 is 15.0 Å². The summed E-state index contributed by atoms with van der Waals surface area (Å²) in [4.78, 5) is 15.5. The smallest absolute Gasteiger partial charge is 0.251 e. The molecule has 1 aliphatic heterocycles. The van der Waals surface area contributed by atoms with Gasteiger partial charge in [0.15, 0.2) is 0 Å². The molecular weight excluding hydrogens is 428 g/mol. The molecule has 1 saturated heterocycles. The van der Waals surface area contributed by atoms with Crippen LogP contribution in [0.25, 0.3) is 5.69 Å². The van der Waals surface area contributed by atoms with Gasteiger partial charge in [-0.3, -0.25) is 4.79 Å². The van der Waals surface area contributed by atoms with Crippen molar-refractivity contribution in [3.63, 3.8) is 0 Å². The number of aromatic nitrogens is 4. The number of rotatable bonds is 8. The number of carbonyl (C=O) groups excluding carboxylic acids is 1. The quantitative estimate of drug-likeness (QED) is 0.648. The summed E-state index contributed by atoms with van der Waals surface area (Å²) in [6.45, 7) is 7.09. The van der Waals surface area contributed by atoms with E-state index in [1.54, 1.807) is 11.0 Å². The highest BCUT2D eigenvalue weighted by molar-refractivity contribution is 5.94. The van der Waals surface area contributed by atoms with Gasteiger partial charge in [0.05, 0.1) is 12.3 Å². The van der Waals surface area contributed by atoms with Crippen molar-refractivity contribution >= 4 is 18.3 Å². The van der Waals surface area contributed by atoms with Crippen LogP contribution in [-0.2, 0) is 4.74 Å². The lowest BCUT2D eigenvalue weighted by Crippen LogP contribution is -2.48. The molecular formula is C23H35ClN6O2. The monoisotopic (exact) mass is 462 g/mol. The molecule has 2 aromatic rings. The van der Waals surface area contributed by atoms with Crippen LogP contribution in [0.1, 0.15) is 55.8 Å². The van der Waals surface area contributed by atoms with E-state index in [1.807, 2.05) is 24.3 Å². The fraction of sp³-hybridized carbons (Fsp3) is 0.652. The first-order chi connectivity index (χ1) is 15.2. The first-order valence-electron chi connectivity index (χ1n) is 11.7. The highest BCUT2D eigenvalue weighted by Gasteiger charge is 2.30. The summed E-state index contributed by atoms with van der Waals surface area (Å²) >= 11 is 0. The van der Waals surface area contributed by atoms with E-state index in [4.69, 9.17) is 4.74 Å². The van der Waals surface area contributed by atoms with Crippen LogP contribution >= 0.6 is 12.4 Å². The standard InChI is InChI=1S/C23H34N6O2.ClH/c1-2-31-16-18-6-5-13-28(14-18)15-20-7-3-4-8-22(20)25-23(30)19-9-11-21(12-10-19)29-17-24-26-27-29;/h9-12,17-18,20,22H,2-8,13-16H2,1H3,(H,25,30);1H/t18-,20-,22+;/m1./s1. The number of carbonyl (C=O) groups is 1. The van der Waals surface area contributed by atoms with Crippen LogP contribution < -0.4 is 5.32 Å². The van der Waals surface area contributed by atoms with Crippen LogP contribution in [-0.4, -0.2) is 69.9 Å². The van der Waals surface area contributed by atoms with E-state index in [1.165, 1.54) is 38.6 Å². The topological polar surface area (TPSA) is 85.2 Å². The van der Waals surface area contributed by atoms with Crippen molar-refractivity contribution < 1.29 is 9.53 Å². The summed E-state index contributed by atoms with van der Waals surface area (Å²) in [5.74, 6) is 1.17. The normalized spacial score (nSPS) is 24.0. The molecule has 8 nitrogen and oxygen atoms in total. The lowest BCUT2D eigenvalue weighted by molar-refractivity contribution is 0.0548. The van der Waals surface area contributed by atoms with Gasteiger partial charge in [-0.15, -0.1) is 17.5 Å². The number of benzene rings is 1. The summed E-state index contributed by atoms with van der Waals surface area (Å²) in [6.07, 6.45) is 8.75. The number of nitrogens with one attached hydrogen (secondary N) is 1. The highest BCUT2D eigenvalue weighted by atomic mass is 35.5. The van der Waals surface area contributed by atoms with Gasteiger partial charge in [-0.05, 0) is 85.7 Å². The number of ether oxygens (including phenoxy) is 1. The molecule has 1 amide bonds. The molecule has 1 aliphatic carbocycles. The number of amides is 1. The molecule has 1 aromatic heterocycles. The van der Waals surface area contributed by atoms with E-state index in [0.29, 0.717) is 17.4 Å². The molecule has 176 valence electrons. The molecule has 9 heteroatoms. The fourth-order valence-corrected chi connectivity index (χ4v) is 4.98. The number of tetrazole rings is 1. The SMILES string of the molecule is CCOC[C@@H]1CCCN(C[C@H]2CCCC[C@@H]2NC(=O)c2ccc(-n3cnnn3)cc2)C1.Cl. The Morgan fingerprint density at radius 1 is 1.16 bits per heavy atom. The summed E-state index contributed by atoms with van der Waals surface area (Å²) in [5.41, 5.74) is 1.51. The minimum absolute atomic E-state index is 0. The van der Waals surface area contributed by atoms with E-state index in [2.05, 4.69) is 32.7 Å². The fourth-order valence-electron chi connectivity index (χ4n) is 4.98. The van der Waals surface area contributed by atoms with Crippen molar-refractivity contribution in [2.24, 2.45) is 11.8 Å². The summed E-state index contributed by atoms with van der Waals surface area (Å²) in [6, 6.07) is 7.67. The molecule has 2 fully saturated rings. The first-order valence-corrected chi connectivity index (χ1v) is 11.7. The van der Waals surface area contributed by atoms with Crippen molar-refractivity contribution in [2.45, 2.75) is 51.5 Å². The number of likely N-dealkylation sites (tertiary alicyclic amines) is 1. The number of hydrogen-bond donors (Lipinski definition) is 1. The van der Waals surface area contributed by atoms with Crippen LogP contribution in [0.4, 0.5) is 0 Å². The molecule has 0 bridgehead atoms. The molecule has 32 heavy (non-hydrogen) atoms. The second-order valence-corrected chi connectivity index (χ2v) is 8.85. The molecule has 0 radical (unpaired) electrons. The highest BCUT2D eigenvalue weighted by Crippen LogP contribution is 2.27. The van der Waals surface area contributed by atoms with Gasteiger partial charge in [-0.2, -0.15) is 0 Å². The Balaban J connectivity index is 0.00000289. The maximum Gasteiger partial charge on any atom is 0.251 e. The summed E-state index contributed by atoms with van der Waals surface area (Å²) in [5, 5.41) is 14.5. The van der Waals surface area contributed by atoms with E-state index < -0.39 is 0 Å². The van der Waals surface area contributed by atoms with Gasteiger partial charge in [-0.1, -0.05) is 12.8 Å². The van der Waals surface area contributed by atoms with E-state index in [-0.39, 0.29) is 24.4 Å². The average molecular weight is 463 g/mol. The number of nitrogens with zero attached hydrogens (tertiary/aromatic N) is 5. The number of hydrogen-bond acceptors (Lipinski definition) is 6. The van der Waals surface area contributed by atoms with Crippen LogP contribution in [0.5, 0.6) is 0 Å². The molecule has 1 aromatic carbocycles. The van der Waals surface area contributed by atoms with Gasteiger partial charge in [0.1, 0.15) is 6.33 Å². The average Bonchev–Trinajstić information content (AvgIpc) is 3.34. The molecule has 1 N–H and O–H groups in total. The van der Waals surface area contributed by atoms with Crippen molar-refractivity contribution in [2.75, 3.05) is 32.8 Å². The van der Waals surface area contributed by atoms with Crippen molar-refractivity contribution in [1.29, 1.82) is 0 Å². The van der Waals surface area contributed by atoms with Crippen LogP contribution in [0.3, 0.4) is 0 Å². The Morgan fingerprint density at radius 2 is 1.97 bits per heavy atom. The Kier molecular flexibility index (Phi) is 9.44. The second kappa shape index (κ2) is 12.3. The Bertz CT molecular complexity index is 816. The Morgan fingerprint density at radius 3 is 2.72 bits per heavy atom. The molecule has 0 spiro atoms. The van der Waals surface area contributed by atoms with E-state index in [0.717, 1.165) is 38.4 Å². The predicted octanol–water partition coefficient (Wildman–Crippen LogP) is 3.12. The van der Waals surface area contributed by atoms with Gasteiger partial charge in [-0.25, -0.2) is 4.68 Å². The molecule has 2 aliphatic rings. The Hall–Kier alpha value is -2.03. The number of halogens is 1. The zero-order valence-corrected chi connectivity index (χ0v) is 19.7. The van der Waals surface area contributed by atoms with Crippen molar-refractivity contribution in [1.82, 2.24) is 30.4 Å². The minimum Gasteiger partial charge on any atom is -0.381 e. The third kappa shape index (κ3) is 6.49. The predicted molar refractivity (Wildman–Crippen MR) is 125 cm³/mol. The van der Waals surface area contributed by atoms with Crippen LogP contribution in [0, 0.1) is 11.8 Å². The largest absolute Gasteiger partial charge is 0.381 e. The van der Waals surface area contributed by atoms with Crippen molar-refractivity contribution in [3.8, 4) is 5.69 Å². The zero-order valence-electron chi connectivity index (χ0n) is 18.9. The van der Waals surface area contributed by atoms with Crippen molar-refractivity contribution in [3.05, 3.63) is 36.2 Å². The first kappa shape index (κ1) is 24.6.